The van der Waals surface area contributed by atoms with Crippen molar-refractivity contribution in [2.45, 2.75) is 20.3 Å². The van der Waals surface area contributed by atoms with E-state index in [1.807, 2.05) is 44.2 Å². The van der Waals surface area contributed by atoms with Crippen molar-refractivity contribution in [3.8, 4) is 5.69 Å². The molecule has 0 aliphatic carbocycles. The normalized spacial score (nSPS) is 10.4. The molecule has 0 aliphatic rings. The number of hydrogen-bond acceptors (Lipinski definition) is 5. The van der Waals surface area contributed by atoms with E-state index >= 15 is 0 Å². The zero-order valence-corrected chi connectivity index (χ0v) is 14.8. The van der Waals surface area contributed by atoms with Crippen LogP contribution >= 0.6 is 0 Å². The highest BCUT2D eigenvalue weighted by Crippen LogP contribution is 2.08. The molecule has 1 heterocycles. The molecular weight excluding hydrogens is 336 g/mol. The fourth-order valence-corrected chi connectivity index (χ4v) is 2.04. The van der Waals surface area contributed by atoms with Crippen molar-refractivity contribution in [3.05, 3.63) is 48.3 Å². The van der Waals surface area contributed by atoms with Crippen molar-refractivity contribution in [1.29, 1.82) is 0 Å². The summed E-state index contributed by atoms with van der Waals surface area (Å²) in [5.74, 6) is -0.986. The number of nitrogens with one attached hydrogen (secondary N) is 2. The number of esters is 1. The fourth-order valence-electron chi connectivity index (χ4n) is 2.04. The molecule has 8 nitrogen and oxygen atoms in total. The Morgan fingerprint density at radius 3 is 2.62 bits per heavy atom. The average Bonchev–Trinajstić information content (AvgIpc) is 3.07. The van der Waals surface area contributed by atoms with Crippen LogP contribution in [0, 0.1) is 5.92 Å². The van der Waals surface area contributed by atoms with Crippen LogP contribution in [0.15, 0.2) is 42.7 Å². The molecule has 1 aromatic carbocycles. The number of rotatable bonds is 7. The van der Waals surface area contributed by atoms with Gasteiger partial charge in [-0.2, -0.15) is 5.10 Å². The minimum Gasteiger partial charge on any atom is -0.455 e. The van der Waals surface area contributed by atoms with Crippen molar-refractivity contribution in [1.82, 2.24) is 20.4 Å². The third-order valence-corrected chi connectivity index (χ3v) is 3.29. The number of carbonyl (C=O) groups excluding carboxylic acids is 3. The second-order valence-electron chi connectivity index (χ2n) is 6.12. The number of nitrogens with zero attached hydrogens (tertiary/aromatic N) is 2. The van der Waals surface area contributed by atoms with E-state index in [0.717, 1.165) is 5.69 Å². The summed E-state index contributed by atoms with van der Waals surface area (Å²) < 4.78 is 6.53. The first-order chi connectivity index (χ1) is 12.4. The summed E-state index contributed by atoms with van der Waals surface area (Å²) in [7, 11) is 0. The Balaban J connectivity index is 1.74. The molecule has 0 spiro atoms. The summed E-state index contributed by atoms with van der Waals surface area (Å²) in [5.41, 5.74) is 1.54. The van der Waals surface area contributed by atoms with Crippen LogP contribution in [0.25, 0.3) is 5.69 Å². The Morgan fingerprint density at radius 2 is 1.92 bits per heavy atom. The number of benzene rings is 1. The highest BCUT2D eigenvalue weighted by molar-refractivity contribution is 5.95. The number of hydrogen-bond donors (Lipinski definition) is 2. The number of aromatic nitrogens is 2. The lowest BCUT2D eigenvalue weighted by Crippen LogP contribution is -2.42. The Labute approximate surface area is 151 Å². The van der Waals surface area contributed by atoms with Gasteiger partial charge in [0.1, 0.15) is 0 Å². The van der Waals surface area contributed by atoms with Gasteiger partial charge in [-0.15, -0.1) is 0 Å². The van der Waals surface area contributed by atoms with Gasteiger partial charge in [0.15, 0.2) is 6.61 Å². The summed E-state index contributed by atoms with van der Waals surface area (Å²) in [5, 5.41) is 8.82. The molecule has 0 unspecified atom stereocenters. The molecule has 0 fully saturated rings. The fraction of sp³-hybridized carbons (Fsp3) is 0.333. The van der Waals surface area contributed by atoms with Crippen LogP contribution in [-0.2, 0) is 20.7 Å². The first-order valence-corrected chi connectivity index (χ1v) is 8.26. The second-order valence-corrected chi connectivity index (χ2v) is 6.12. The number of imide groups is 1. The zero-order valence-electron chi connectivity index (χ0n) is 14.8. The van der Waals surface area contributed by atoms with Crippen LogP contribution in [-0.4, -0.2) is 40.8 Å². The van der Waals surface area contributed by atoms with Crippen LogP contribution in [0.2, 0.25) is 0 Å². The average molecular weight is 358 g/mol. The maximum atomic E-state index is 11.8. The molecule has 0 atom stereocenters. The maximum absolute atomic E-state index is 11.8. The predicted molar refractivity (Wildman–Crippen MR) is 94.6 cm³/mol. The largest absolute Gasteiger partial charge is 0.455 e. The van der Waals surface area contributed by atoms with Crippen molar-refractivity contribution >= 4 is 17.9 Å². The van der Waals surface area contributed by atoms with Gasteiger partial charge in [-0.25, -0.2) is 9.48 Å². The maximum Gasteiger partial charge on any atom is 0.321 e. The molecule has 0 saturated heterocycles. The second kappa shape index (κ2) is 9.36. The van der Waals surface area contributed by atoms with Crippen molar-refractivity contribution < 1.29 is 19.1 Å². The molecule has 0 radical (unpaired) electrons. The lowest BCUT2D eigenvalue weighted by atomic mass is 10.2. The van der Waals surface area contributed by atoms with Crippen LogP contribution in [0.5, 0.6) is 0 Å². The first-order valence-electron chi connectivity index (χ1n) is 8.26. The van der Waals surface area contributed by atoms with E-state index in [4.69, 9.17) is 4.74 Å². The molecule has 2 rings (SSSR count). The van der Waals surface area contributed by atoms with Gasteiger partial charge in [0, 0.05) is 18.3 Å². The van der Waals surface area contributed by atoms with E-state index in [-0.39, 0.29) is 12.3 Å². The summed E-state index contributed by atoms with van der Waals surface area (Å²) in [6.07, 6.45) is 3.27. The topological polar surface area (TPSA) is 102 Å². The van der Waals surface area contributed by atoms with E-state index < -0.39 is 24.5 Å². The molecule has 2 N–H and O–H groups in total. The molecule has 3 amide bonds. The van der Waals surface area contributed by atoms with Crippen molar-refractivity contribution in [2.24, 2.45) is 5.92 Å². The number of urea groups is 1. The Bertz CT molecular complexity index is 756. The summed E-state index contributed by atoms with van der Waals surface area (Å²) in [4.78, 5) is 34.8. The van der Waals surface area contributed by atoms with Crippen molar-refractivity contribution in [2.75, 3.05) is 13.2 Å². The summed E-state index contributed by atoms with van der Waals surface area (Å²) in [6.45, 7) is 3.80. The smallest absolute Gasteiger partial charge is 0.321 e. The van der Waals surface area contributed by atoms with Crippen molar-refractivity contribution in [3.63, 3.8) is 0 Å². The van der Waals surface area contributed by atoms with Gasteiger partial charge in [-0.05, 0) is 18.1 Å². The molecule has 0 aliphatic heterocycles. The molecule has 0 saturated carbocycles. The quantitative estimate of drug-likeness (QED) is 0.729. The van der Waals surface area contributed by atoms with E-state index in [9.17, 15) is 14.4 Å². The molecular formula is C18H22N4O4. The lowest BCUT2D eigenvalue weighted by Gasteiger charge is -2.08. The van der Waals surface area contributed by atoms with Crippen LogP contribution in [0.3, 0.4) is 0 Å². The Hall–Kier alpha value is -3.16. The molecule has 2 aromatic rings. The zero-order chi connectivity index (χ0) is 18.9. The monoisotopic (exact) mass is 358 g/mol. The summed E-state index contributed by atoms with van der Waals surface area (Å²) >= 11 is 0. The van der Waals surface area contributed by atoms with Gasteiger partial charge in [0.05, 0.1) is 18.3 Å². The van der Waals surface area contributed by atoms with E-state index in [1.165, 1.54) is 0 Å². The minimum atomic E-state index is -0.681. The predicted octanol–water partition coefficient (Wildman–Crippen LogP) is 1.44. The number of ether oxygens (including phenoxy) is 1. The Kier molecular flexibility index (Phi) is 6.90. The van der Waals surface area contributed by atoms with Gasteiger partial charge >= 0.3 is 12.0 Å². The molecule has 26 heavy (non-hydrogen) atoms. The number of amides is 3. The highest BCUT2D eigenvalue weighted by atomic mass is 16.5. The summed E-state index contributed by atoms with van der Waals surface area (Å²) in [6, 6.07) is 8.86. The van der Waals surface area contributed by atoms with Crippen LogP contribution in [0.1, 0.15) is 19.4 Å². The SMILES string of the molecule is CC(C)CNC(=O)NC(=O)COC(=O)Cc1cnn(-c2ccccc2)c1. The number of carbonyl (C=O) groups is 3. The molecule has 8 heteroatoms. The minimum absolute atomic E-state index is 0.0142. The van der Waals surface area contributed by atoms with Gasteiger partial charge in [0.2, 0.25) is 0 Å². The van der Waals surface area contributed by atoms with E-state index in [2.05, 4.69) is 15.7 Å². The molecule has 0 bridgehead atoms. The van der Waals surface area contributed by atoms with E-state index in [1.54, 1.807) is 17.1 Å². The highest BCUT2D eigenvalue weighted by Gasteiger charge is 2.12. The van der Waals surface area contributed by atoms with Gasteiger partial charge in [0.25, 0.3) is 5.91 Å². The Morgan fingerprint density at radius 1 is 1.19 bits per heavy atom. The lowest BCUT2D eigenvalue weighted by molar-refractivity contribution is -0.147. The van der Waals surface area contributed by atoms with Gasteiger partial charge < -0.3 is 10.1 Å². The van der Waals surface area contributed by atoms with E-state index in [0.29, 0.717) is 12.1 Å². The first kappa shape index (κ1) is 19.2. The van der Waals surface area contributed by atoms with Gasteiger partial charge in [-0.1, -0.05) is 32.0 Å². The van der Waals surface area contributed by atoms with Crippen LogP contribution in [0.4, 0.5) is 4.79 Å². The van der Waals surface area contributed by atoms with Gasteiger partial charge in [-0.3, -0.25) is 14.9 Å². The van der Waals surface area contributed by atoms with Crippen LogP contribution < -0.4 is 10.6 Å². The number of para-hydroxylation sites is 1. The standard InChI is InChI=1S/C18H22N4O4/c1-13(2)9-19-18(25)21-16(23)12-26-17(24)8-14-10-20-22(11-14)15-6-4-3-5-7-15/h3-7,10-11,13H,8-9,12H2,1-2H3,(H2,19,21,23,25). The third kappa shape index (κ3) is 6.39. The third-order valence-electron chi connectivity index (χ3n) is 3.29. The molecule has 1 aromatic heterocycles. The molecule has 138 valence electrons.